The lowest BCUT2D eigenvalue weighted by atomic mass is 10.5. The predicted octanol–water partition coefficient (Wildman–Crippen LogP) is 2.52. The van der Waals surface area contributed by atoms with Gasteiger partial charge in [-0.15, -0.1) is 0 Å². The standard InChI is InChI=1S/C8H10Cl2N6O/c9-6-5-7(15-8(10)14-6)12-1-3-17-4-2-13-16-11/h5H,1-4H2,(H,12,14,15). The van der Waals surface area contributed by atoms with E-state index in [2.05, 4.69) is 25.3 Å². The first-order chi connectivity index (χ1) is 8.22. The monoisotopic (exact) mass is 276 g/mol. The Morgan fingerprint density at radius 2 is 2.24 bits per heavy atom. The third-order valence-electron chi connectivity index (χ3n) is 1.62. The Balaban J connectivity index is 2.19. The van der Waals surface area contributed by atoms with Gasteiger partial charge >= 0.3 is 0 Å². The van der Waals surface area contributed by atoms with Crippen LogP contribution in [0.1, 0.15) is 0 Å². The van der Waals surface area contributed by atoms with E-state index in [0.29, 0.717) is 32.1 Å². The lowest BCUT2D eigenvalue weighted by Crippen LogP contribution is -2.12. The SMILES string of the molecule is [N-]=[N+]=NCCOCCNc1cc(Cl)nc(Cl)n1. The summed E-state index contributed by atoms with van der Waals surface area (Å²) in [5.41, 5.74) is 8.02. The molecule has 0 fully saturated rings. The van der Waals surface area contributed by atoms with Crippen LogP contribution in [0.25, 0.3) is 10.4 Å². The first kappa shape index (κ1) is 13.8. The zero-order valence-corrected chi connectivity index (χ0v) is 10.3. The number of hydrogen-bond acceptors (Lipinski definition) is 5. The molecule has 0 atom stereocenters. The van der Waals surface area contributed by atoms with Gasteiger partial charge in [0.1, 0.15) is 11.0 Å². The van der Waals surface area contributed by atoms with Crippen molar-refractivity contribution < 1.29 is 4.74 Å². The molecule has 0 spiro atoms. The van der Waals surface area contributed by atoms with Crippen molar-refractivity contribution in [3.05, 3.63) is 26.9 Å². The highest BCUT2D eigenvalue weighted by Gasteiger charge is 2.00. The average molecular weight is 277 g/mol. The van der Waals surface area contributed by atoms with Gasteiger partial charge in [-0.1, -0.05) is 16.7 Å². The summed E-state index contributed by atoms with van der Waals surface area (Å²) in [5.74, 6) is 0.536. The molecule has 0 aromatic carbocycles. The Bertz CT molecular complexity index is 389. The first-order valence-electron chi connectivity index (χ1n) is 4.75. The molecule has 0 saturated heterocycles. The quantitative estimate of drug-likeness (QED) is 0.207. The van der Waals surface area contributed by atoms with Crippen LogP contribution in [0, 0.1) is 0 Å². The molecule has 1 aromatic heterocycles. The third kappa shape index (κ3) is 6.13. The highest BCUT2D eigenvalue weighted by Crippen LogP contribution is 2.13. The predicted molar refractivity (Wildman–Crippen MR) is 65.4 cm³/mol. The van der Waals surface area contributed by atoms with Crippen LogP contribution in [0.3, 0.4) is 0 Å². The molecule has 9 heteroatoms. The highest BCUT2D eigenvalue weighted by atomic mass is 35.5. The van der Waals surface area contributed by atoms with Gasteiger partial charge in [-0.3, -0.25) is 0 Å². The smallest absolute Gasteiger partial charge is 0.225 e. The maximum absolute atomic E-state index is 8.02. The Hall–Kier alpha value is -1.27. The van der Waals surface area contributed by atoms with Crippen LogP contribution in [0.4, 0.5) is 5.82 Å². The number of halogens is 2. The molecule has 0 unspecified atom stereocenters. The van der Waals surface area contributed by atoms with Gasteiger partial charge in [-0.2, -0.15) is 0 Å². The molecule has 0 aliphatic rings. The van der Waals surface area contributed by atoms with Gasteiger partial charge in [0.2, 0.25) is 5.28 Å². The Morgan fingerprint density at radius 3 is 2.94 bits per heavy atom. The summed E-state index contributed by atoms with van der Waals surface area (Å²) < 4.78 is 5.18. The lowest BCUT2D eigenvalue weighted by Gasteiger charge is -2.06. The van der Waals surface area contributed by atoms with Gasteiger partial charge in [0, 0.05) is 24.1 Å². The summed E-state index contributed by atoms with van der Waals surface area (Å²) in [6.07, 6.45) is 0. The van der Waals surface area contributed by atoms with Crippen molar-refractivity contribution in [2.75, 3.05) is 31.6 Å². The molecule has 7 nitrogen and oxygen atoms in total. The van der Waals surface area contributed by atoms with E-state index >= 15 is 0 Å². The number of aromatic nitrogens is 2. The van der Waals surface area contributed by atoms with Crippen LogP contribution in [0.2, 0.25) is 10.4 Å². The van der Waals surface area contributed by atoms with Crippen molar-refractivity contribution >= 4 is 29.0 Å². The van der Waals surface area contributed by atoms with Crippen molar-refractivity contribution in [3.63, 3.8) is 0 Å². The van der Waals surface area contributed by atoms with Crippen LogP contribution in [-0.4, -0.2) is 36.3 Å². The number of anilines is 1. The van der Waals surface area contributed by atoms with E-state index in [9.17, 15) is 0 Å². The number of nitrogens with zero attached hydrogens (tertiary/aromatic N) is 5. The molecular weight excluding hydrogens is 267 g/mol. The fourth-order valence-electron chi connectivity index (χ4n) is 0.984. The number of nitrogens with one attached hydrogen (secondary N) is 1. The van der Waals surface area contributed by atoms with Crippen LogP contribution in [0.15, 0.2) is 11.2 Å². The number of hydrogen-bond donors (Lipinski definition) is 1. The summed E-state index contributed by atoms with van der Waals surface area (Å²) in [6, 6.07) is 1.56. The topological polar surface area (TPSA) is 95.8 Å². The van der Waals surface area contributed by atoms with Crippen molar-refractivity contribution in [3.8, 4) is 0 Å². The second-order valence-electron chi connectivity index (χ2n) is 2.84. The third-order valence-corrected chi connectivity index (χ3v) is 1.98. The summed E-state index contributed by atoms with van der Waals surface area (Å²) in [5, 5.41) is 6.66. The van der Waals surface area contributed by atoms with E-state index in [1.54, 1.807) is 6.07 Å². The largest absolute Gasteiger partial charge is 0.379 e. The molecule has 1 heterocycles. The van der Waals surface area contributed by atoms with Crippen molar-refractivity contribution in [1.82, 2.24) is 9.97 Å². The molecule has 17 heavy (non-hydrogen) atoms. The molecule has 1 N–H and O–H groups in total. The van der Waals surface area contributed by atoms with Crippen LogP contribution in [0.5, 0.6) is 0 Å². The normalized spacial score (nSPS) is 9.76. The fourth-order valence-corrected chi connectivity index (χ4v) is 1.39. The molecular formula is C8H10Cl2N6O. The van der Waals surface area contributed by atoms with Gasteiger partial charge in [0.05, 0.1) is 13.2 Å². The van der Waals surface area contributed by atoms with E-state index in [1.165, 1.54) is 0 Å². The minimum absolute atomic E-state index is 0.0873. The maximum atomic E-state index is 8.02. The van der Waals surface area contributed by atoms with Crippen LogP contribution in [-0.2, 0) is 4.74 Å². The van der Waals surface area contributed by atoms with Gasteiger partial charge in [0.25, 0.3) is 0 Å². The maximum Gasteiger partial charge on any atom is 0.225 e. The molecule has 92 valence electrons. The van der Waals surface area contributed by atoms with Crippen molar-refractivity contribution in [1.29, 1.82) is 0 Å². The van der Waals surface area contributed by atoms with E-state index in [1.807, 2.05) is 0 Å². The molecule has 0 saturated carbocycles. The Kier molecular flexibility index (Phi) is 6.42. The Labute approximate surface area is 108 Å². The first-order valence-corrected chi connectivity index (χ1v) is 5.50. The van der Waals surface area contributed by atoms with E-state index in [-0.39, 0.29) is 10.4 Å². The molecule has 1 rings (SSSR count). The van der Waals surface area contributed by atoms with Crippen LogP contribution >= 0.6 is 23.2 Å². The Morgan fingerprint density at radius 1 is 1.41 bits per heavy atom. The molecule has 0 aliphatic carbocycles. The number of rotatable bonds is 7. The van der Waals surface area contributed by atoms with E-state index < -0.39 is 0 Å². The second kappa shape index (κ2) is 7.92. The zero-order chi connectivity index (χ0) is 12.5. The minimum atomic E-state index is 0.0873. The van der Waals surface area contributed by atoms with Gasteiger partial charge in [-0.05, 0) is 17.1 Å². The highest BCUT2D eigenvalue weighted by molar-refractivity contribution is 6.32. The fraction of sp³-hybridized carbons (Fsp3) is 0.500. The second-order valence-corrected chi connectivity index (χ2v) is 3.56. The average Bonchev–Trinajstić information content (AvgIpc) is 2.26. The van der Waals surface area contributed by atoms with Gasteiger partial charge in [0.15, 0.2) is 0 Å². The van der Waals surface area contributed by atoms with Gasteiger partial charge < -0.3 is 10.1 Å². The molecule has 1 aromatic rings. The lowest BCUT2D eigenvalue weighted by molar-refractivity contribution is 0.151. The molecule has 0 aliphatic heterocycles. The summed E-state index contributed by atoms with van der Waals surface area (Å²) in [6.45, 7) is 1.71. The van der Waals surface area contributed by atoms with E-state index in [0.717, 1.165) is 0 Å². The van der Waals surface area contributed by atoms with Crippen molar-refractivity contribution in [2.24, 2.45) is 5.11 Å². The summed E-state index contributed by atoms with van der Waals surface area (Å²) >= 11 is 11.3. The van der Waals surface area contributed by atoms with Gasteiger partial charge in [-0.25, -0.2) is 9.97 Å². The molecule has 0 radical (unpaired) electrons. The summed E-state index contributed by atoms with van der Waals surface area (Å²) in [7, 11) is 0. The number of ether oxygens (including phenoxy) is 1. The minimum Gasteiger partial charge on any atom is -0.379 e. The van der Waals surface area contributed by atoms with E-state index in [4.69, 9.17) is 33.5 Å². The molecule has 0 amide bonds. The van der Waals surface area contributed by atoms with Crippen molar-refractivity contribution in [2.45, 2.75) is 0 Å². The number of azide groups is 1. The summed E-state index contributed by atoms with van der Waals surface area (Å²) in [4.78, 5) is 10.2. The van der Waals surface area contributed by atoms with Crippen LogP contribution < -0.4 is 5.32 Å². The zero-order valence-electron chi connectivity index (χ0n) is 8.81. The molecule has 0 bridgehead atoms.